The number of nitrogens with zero attached hydrogens (tertiary/aromatic N) is 1. The molecule has 2 aliphatic rings. The predicted octanol–water partition coefficient (Wildman–Crippen LogP) is 5.43. The van der Waals surface area contributed by atoms with Gasteiger partial charge in [0, 0.05) is 24.2 Å². The van der Waals surface area contributed by atoms with E-state index in [1.807, 2.05) is 12.1 Å². The summed E-state index contributed by atoms with van der Waals surface area (Å²) in [7, 11) is 1.75. The van der Waals surface area contributed by atoms with Crippen molar-refractivity contribution in [3.63, 3.8) is 0 Å². The monoisotopic (exact) mass is 374 g/mol. The Morgan fingerprint density at radius 1 is 1.00 bits per heavy atom. The molecule has 0 aromatic heterocycles. The van der Waals surface area contributed by atoms with Crippen LogP contribution in [0.15, 0.2) is 24.3 Å². The highest BCUT2D eigenvalue weighted by Gasteiger charge is 2.26. The van der Waals surface area contributed by atoms with Crippen LogP contribution in [0.25, 0.3) is 0 Å². The van der Waals surface area contributed by atoms with Gasteiger partial charge in [0.15, 0.2) is 5.11 Å². The highest BCUT2D eigenvalue weighted by atomic mass is 32.1. The van der Waals surface area contributed by atoms with Crippen LogP contribution in [0.1, 0.15) is 76.2 Å². The Morgan fingerprint density at radius 2 is 1.62 bits per heavy atom. The molecule has 0 bridgehead atoms. The highest BCUT2D eigenvalue weighted by Crippen LogP contribution is 2.28. The molecule has 0 aliphatic heterocycles. The maximum atomic E-state index is 5.92. The zero-order valence-corrected chi connectivity index (χ0v) is 17.0. The van der Waals surface area contributed by atoms with Crippen molar-refractivity contribution in [2.24, 2.45) is 0 Å². The summed E-state index contributed by atoms with van der Waals surface area (Å²) in [6.45, 7) is 0.841. The molecule has 26 heavy (non-hydrogen) atoms. The van der Waals surface area contributed by atoms with E-state index in [4.69, 9.17) is 17.0 Å². The Bertz CT molecular complexity index is 563. The van der Waals surface area contributed by atoms with Gasteiger partial charge in [0.2, 0.25) is 0 Å². The Morgan fingerprint density at radius 3 is 2.31 bits per heavy atom. The third-order valence-corrected chi connectivity index (χ3v) is 6.34. The molecular weight excluding hydrogens is 340 g/mol. The summed E-state index contributed by atoms with van der Waals surface area (Å²) in [5.41, 5.74) is 1.23. The van der Waals surface area contributed by atoms with Gasteiger partial charge in [-0.15, -0.1) is 0 Å². The van der Waals surface area contributed by atoms with Crippen molar-refractivity contribution in [1.29, 1.82) is 0 Å². The molecule has 2 aliphatic carbocycles. The summed E-state index contributed by atoms with van der Waals surface area (Å²) in [6.07, 6.45) is 14.5. The molecule has 144 valence electrons. The van der Waals surface area contributed by atoms with Gasteiger partial charge in [0.1, 0.15) is 5.75 Å². The average molecular weight is 375 g/mol. The van der Waals surface area contributed by atoms with Gasteiger partial charge in [-0.25, -0.2) is 0 Å². The molecule has 0 unspecified atom stereocenters. The maximum absolute atomic E-state index is 5.92. The van der Waals surface area contributed by atoms with E-state index in [0.29, 0.717) is 12.1 Å². The van der Waals surface area contributed by atoms with E-state index in [2.05, 4.69) is 22.3 Å². The normalized spacial score (nSPS) is 19.6. The van der Waals surface area contributed by atoms with Crippen LogP contribution in [0.2, 0.25) is 0 Å². The van der Waals surface area contributed by atoms with Gasteiger partial charge in [-0.3, -0.25) is 0 Å². The van der Waals surface area contributed by atoms with Crippen LogP contribution in [0.4, 0.5) is 0 Å². The van der Waals surface area contributed by atoms with E-state index in [0.717, 1.165) is 17.4 Å². The molecule has 1 aromatic carbocycles. The molecule has 1 aromatic rings. The Labute approximate surface area is 164 Å². The van der Waals surface area contributed by atoms with E-state index >= 15 is 0 Å². The first-order valence-corrected chi connectivity index (χ1v) is 10.9. The lowest BCUT2D eigenvalue weighted by Crippen LogP contribution is -2.48. The number of ether oxygens (including phenoxy) is 1. The third kappa shape index (κ3) is 5.35. The molecule has 4 heteroatoms. The molecule has 0 saturated heterocycles. The molecule has 0 atom stereocenters. The van der Waals surface area contributed by atoms with E-state index in [1.165, 1.54) is 76.2 Å². The Hall–Kier alpha value is -1.29. The fourth-order valence-corrected chi connectivity index (χ4v) is 4.84. The first-order chi connectivity index (χ1) is 12.8. The first-order valence-electron chi connectivity index (χ1n) is 10.5. The number of hydrogen-bond donors (Lipinski definition) is 1. The lowest BCUT2D eigenvalue weighted by atomic mass is 9.97. The quantitative estimate of drug-likeness (QED) is 0.695. The summed E-state index contributed by atoms with van der Waals surface area (Å²) in [4.78, 5) is 2.44. The van der Waals surface area contributed by atoms with E-state index < -0.39 is 0 Å². The first kappa shape index (κ1) is 19.5. The van der Waals surface area contributed by atoms with Crippen LogP contribution in [-0.2, 0) is 6.54 Å². The fourth-order valence-electron chi connectivity index (χ4n) is 4.46. The lowest BCUT2D eigenvalue weighted by molar-refractivity contribution is 0.290. The van der Waals surface area contributed by atoms with Crippen molar-refractivity contribution >= 4 is 17.3 Å². The smallest absolute Gasteiger partial charge is 0.169 e. The van der Waals surface area contributed by atoms with Gasteiger partial charge in [-0.05, 0) is 44.0 Å². The van der Waals surface area contributed by atoms with Crippen LogP contribution in [0, 0.1) is 0 Å². The number of rotatable bonds is 5. The van der Waals surface area contributed by atoms with Crippen molar-refractivity contribution in [2.45, 2.75) is 89.3 Å². The van der Waals surface area contributed by atoms with Gasteiger partial charge in [0.05, 0.1) is 7.11 Å². The van der Waals surface area contributed by atoms with Crippen LogP contribution < -0.4 is 10.1 Å². The molecule has 3 rings (SSSR count). The van der Waals surface area contributed by atoms with Crippen LogP contribution in [0.3, 0.4) is 0 Å². The van der Waals surface area contributed by atoms with E-state index in [1.54, 1.807) is 7.11 Å². The number of thiocarbonyl (C=S) groups is 1. The van der Waals surface area contributed by atoms with Gasteiger partial charge in [0.25, 0.3) is 0 Å². The van der Waals surface area contributed by atoms with E-state index in [-0.39, 0.29) is 0 Å². The molecule has 0 amide bonds. The Balaban J connectivity index is 1.69. The Kier molecular flexibility index (Phi) is 7.60. The second-order valence-electron chi connectivity index (χ2n) is 7.87. The predicted molar refractivity (Wildman–Crippen MR) is 113 cm³/mol. The van der Waals surface area contributed by atoms with Crippen molar-refractivity contribution in [3.05, 3.63) is 29.8 Å². The van der Waals surface area contributed by atoms with Crippen molar-refractivity contribution in [1.82, 2.24) is 10.2 Å². The summed E-state index contributed by atoms with van der Waals surface area (Å²) >= 11 is 5.92. The topological polar surface area (TPSA) is 24.5 Å². The minimum atomic E-state index is 0.546. The average Bonchev–Trinajstić information content (AvgIpc) is 3.16. The van der Waals surface area contributed by atoms with Crippen molar-refractivity contribution in [2.75, 3.05) is 7.11 Å². The third-order valence-electron chi connectivity index (χ3n) is 5.99. The summed E-state index contributed by atoms with van der Waals surface area (Å²) in [5.74, 6) is 0.962. The lowest BCUT2D eigenvalue weighted by Gasteiger charge is -2.34. The zero-order valence-electron chi connectivity index (χ0n) is 16.2. The summed E-state index contributed by atoms with van der Waals surface area (Å²) in [6, 6.07) is 9.45. The maximum Gasteiger partial charge on any atom is 0.169 e. The molecule has 0 spiro atoms. The number of hydrogen-bond acceptors (Lipinski definition) is 2. The second-order valence-corrected chi connectivity index (χ2v) is 8.26. The van der Waals surface area contributed by atoms with Crippen molar-refractivity contribution < 1.29 is 4.74 Å². The molecule has 1 N–H and O–H groups in total. The van der Waals surface area contributed by atoms with Crippen molar-refractivity contribution in [3.8, 4) is 5.75 Å². The minimum absolute atomic E-state index is 0.546. The number of methoxy groups -OCH3 is 1. The minimum Gasteiger partial charge on any atom is -0.496 e. The molecular formula is C22H34N2OS. The summed E-state index contributed by atoms with van der Waals surface area (Å²) in [5, 5.41) is 4.69. The van der Waals surface area contributed by atoms with E-state index in [9.17, 15) is 0 Å². The van der Waals surface area contributed by atoms with Gasteiger partial charge >= 0.3 is 0 Å². The van der Waals surface area contributed by atoms with Crippen LogP contribution in [-0.4, -0.2) is 29.2 Å². The molecule has 0 radical (unpaired) electrons. The molecule has 2 fully saturated rings. The second kappa shape index (κ2) is 10.1. The molecule has 3 nitrogen and oxygen atoms in total. The van der Waals surface area contributed by atoms with Gasteiger partial charge in [-0.1, -0.05) is 63.1 Å². The number of para-hydroxylation sites is 1. The van der Waals surface area contributed by atoms with Crippen LogP contribution in [0.5, 0.6) is 5.75 Å². The highest BCUT2D eigenvalue weighted by molar-refractivity contribution is 7.80. The largest absolute Gasteiger partial charge is 0.496 e. The molecule has 0 heterocycles. The SMILES string of the molecule is COc1ccccc1CN(C(=S)NC1CCCCCCC1)C1CCCC1. The standard InChI is InChI=1S/C22H34N2OS/c1-25-21-16-10-7-11-18(21)17-24(20-14-8-9-15-20)22(26)23-19-12-5-3-2-4-6-13-19/h7,10-11,16,19-20H,2-6,8-9,12-15,17H2,1H3,(H,23,26). The fraction of sp³-hybridized carbons (Fsp3) is 0.682. The number of nitrogens with one attached hydrogen (secondary N) is 1. The molecule has 2 saturated carbocycles. The zero-order chi connectivity index (χ0) is 18.2. The van der Waals surface area contributed by atoms with Crippen LogP contribution >= 0.6 is 12.2 Å². The van der Waals surface area contributed by atoms with Gasteiger partial charge < -0.3 is 15.0 Å². The number of benzene rings is 1. The summed E-state index contributed by atoms with van der Waals surface area (Å²) < 4.78 is 5.58. The van der Waals surface area contributed by atoms with Gasteiger partial charge in [-0.2, -0.15) is 0 Å².